The van der Waals surface area contributed by atoms with Gasteiger partial charge in [-0.25, -0.2) is 4.79 Å². The van der Waals surface area contributed by atoms with E-state index in [1.54, 1.807) is 48.5 Å². The van der Waals surface area contributed by atoms with Crippen molar-refractivity contribution >= 4 is 17.6 Å². The van der Waals surface area contributed by atoms with Crippen molar-refractivity contribution < 1.29 is 28.5 Å². The highest BCUT2D eigenvalue weighted by Crippen LogP contribution is 2.25. The van der Waals surface area contributed by atoms with E-state index in [0.29, 0.717) is 29.5 Å². The number of hydrogen-bond acceptors (Lipinski definition) is 6. The summed E-state index contributed by atoms with van der Waals surface area (Å²) < 4.78 is 21.4. The first-order valence-electron chi connectivity index (χ1n) is 10.1. The molecule has 0 aromatic heterocycles. The topological polar surface area (TPSA) is 83.1 Å². The number of ether oxygens (including phenoxy) is 4. The molecule has 3 rings (SSSR count). The first-order valence-corrected chi connectivity index (χ1v) is 10.1. The number of carbonyl (C=O) groups excluding carboxylic acids is 2. The molecule has 32 heavy (non-hydrogen) atoms. The average molecular weight is 435 g/mol. The van der Waals surface area contributed by atoms with Gasteiger partial charge in [-0.05, 0) is 48.9 Å². The number of esters is 1. The normalized spacial score (nSPS) is 11.2. The maximum Gasteiger partial charge on any atom is 0.344 e. The molecule has 0 aliphatic heterocycles. The summed E-state index contributed by atoms with van der Waals surface area (Å²) in [7, 11) is 1.51. The fourth-order valence-corrected chi connectivity index (χ4v) is 2.78. The molecule has 7 heteroatoms. The van der Waals surface area contributed by atoms with E-state index in [0.717, 1.165) is 5.56 Å². The van der Waals surface area contributed by atoms with Crippen LogP contribution in [0.1, 0.15) is 12.5 Å². The molecule has 0 bridgehead atoms. The molecule has 0 saturated carbocycles. The number of para-hydroxylation sites is 2. The molecule has 0 aliphatic rings. The van der Waals surface area contributed by atoms with E-state index in [2.05, 4.69) is 5.32 Å². The molecule has 1 unspecified atom stereocenters. The molecular formula is C25H25NO6. The maximum atomic E-state index is 12.3. The fourth-order valence-electron chi connectivity index (χ4n) is 2.78. The van der Waals surface area contributed by atoms with E-state index >= 15 is 0 Å². The zero-order valence-corrected chi connectivity index (χ0v) is 17.9. The predicted molar refractivity (Wildman–Crippen MR) is 120 cm³/mol. The minimum absolute atomic E-state index is 0.342. The van der Waals surface area contributed by atoms with Gasteiger partial charge in [0, 0.05) is 5.69 Å². The van der Waals surface area contributed by atoms with Gasteiger partial charge in [0.25, 0.3) is 5.91 Å². The molecule has 3 aromatic rings. The largest absolute Gasteiger partial charge is 0.493 e. The highest BCUT2D eigenvalue weighted by Gasteiger charge is 2.19. The van der Waals surface area contributed by atoms with Crippen LogP contribution in [0.15, 0.2) is 78.9 Å². The molecule has 0 fully saturated rings. The lowest BCUT2D eigenvalue weighted by Gasteiger charge is -2.15. The van der Waals surface area contributed by atoms with Gasteiger partial charge in [0.15, 0.2) is 24.2 Å². The molecular weight excluding hydrogens is 410 g/mol. The molecule has 1 amide bonds. The Bertz CT molecular complexity index is 1020. The summed E-state index contributed by atoms with van der Waals surface area (Å²) in [4.78, 5) is 24.4. The fraction of sp³-hybridized carbons (Fsp3) is 0.200. The zero-order chi connectivity index (χ0) is 22.8. The Hall–Kier alpha value is -4.00. The Labute approximate surface area is 186 Å². The van der Waals surface area contributed by atoms with E-state index in [4.69, 9.17) is 18.9 Å². The van der Waals surface area contributed by atoms with E-state index in [1.807, 2.05) is 30.3 Å². The second-order valence-electron chi connectivity index (χ2n) is 6.86. The number of carbonyl (C=O) groups is 2. The van der Waals surface area contributed by atoms with Crippen molar-refractivity contribution in [2.24, 2.45) is 0 Å². The Balaban J connectivity index is 1.43. The summed E-state index contributed by atoms with van der Waals surface area (Å²) in [6, 6.07) is 23.7. The van der Waals surface area contributed by atoms with Gasteiger partial charge < -0.3 is 24.3 Å². The lowest BCUT2D eigenvalue weighted by Crippen LogP contribution is -2.31. The smallest absolute Gasteiger partial charge is 0.344 e. The molecule has 0 radical (unpaired) electrons. The summed E-state index contributed by atoms with van der Waals surface area (Å²) in [5.41, 5.74) is 1.63. The van der Waals surface area contributed by atoms with Crippen molar-refractivity contribution in [1.29, 1.82) is 0 Å². The van der Waals surface area contributed by atoms with Gasteiger partial charge >= 0.3 is 5.97 Å². The highest BCUT2D eigenvalue weighted by atomic mass is 16.6. The maximum absolute atomic E-state index is 12.3. The number of benzene rings is 3. The molecule has 7 nitrogen and oxygen atoms in total. The monoisotopic (exact) mass is 435 g/mol. The standard InChI is InChI=1S/C25H25NO6/c1-18(32-24(27)17-31-23-11-7-6-10-22(23)29-2)25(28)26-20-12-14-21(15-13-20)30-16-19-8-4-3-5-9-19/h3-15,18H,16-17H2,1-2H3,(H,26,28). The summed E-state index contributed by atoms with van der Waals surface area (Å²) in [6.45, 7) is 1.61. The predicted octanol–water partition coefficient (Wildman–Crippen LogP) is 4.22. The van der Waals surface area contributed by atoms with E-state index in [1.165, 1.54) is 14.0 Å². The van der Waals surface area contributed by atoms with Crippen LogP contribution < -0.4 is 19.5 Å². The van der Waals surface area contributed by atoms with Crippen LogP contribution in [-0.2, 0) is 20.9 Å². The minimum Gasteiger partial charge on any atom is -0.493 e. The number of methoxy groups -OCH3 is 1. The van der Waals surface area contributed by atoms with Gasteiger partial charge in [0.05, 0.1) is 7.11 Å². The van der Waals surface area contributed by atoms with Gasteiger partial charge in [0.1, 0.15) is 12.4 Å². The molecule has 1 atom stereocenters. The third-order valence-electron chi connectivity index (χ3n) is 4.46. The van der Waals surface area contributed by atoms with Crippen LogP contribution in [0.4, 0.5) is 5.69 Å². The van der Waals surface area contributed by atoms with Crippen LogP contribution in [0.25, 0.3) is 0 Å². The van der Waals surface area contributed by atoms with Gasteiger partial charge in [-0.15, -0.1) is 0 Å². The van der Waals surface area contributed by atoms with Crippen LogP contribution >= 0.6 is 0 Å². The molecule has 0 heterocycles. The van der Waals surface area contributed by atoms with Crippen molar-refractivity contribution in [1.82, 2.24) is 0 Å². The highest BCUT2D eigenvalue weighted by molar-refractivity contribution is 5.95. The Morgan fingerprint density at radius 1 is 0.844 bits per heavy atom. The Morgan fingerprint density at radius 3 is 2.19 bits per heavy atom. The van der Waals surface area contributed by atoms with Crippen molar-refractivity contribution in [3.63, 3.8) is 0 Å². The number of amides is 1. The molecule has 0 aliphatic carbocycles. The first kappa shape index (κ1) is 22.7. The van der Waals surface area contributed by atoms with Gasteiger partial charge in [-0.2, -0.15) is 0 Å². The molecule has 1 N–H and O–H groups in total. The van der Waals surface area contributed by atoms with Gasteiger partial charge in [0.2, 0.25) is 0 Å². The summed E-state index contributed by atoms with van der Waals surface area (Å²) >= 11 is 0. The summed E-state index contributed by atoms with van der Waals surface area (Å²) in [5, 5.41) is 2.71. The van der Waals surface area contributed by atoms with E-state index in [9.17, 15) is 9.59 Å². The van der Waals surface area contributed by atoms with Gasteiger partial charge in [-0.1, -0.05) is 42.5 Å². The Kier molecular flexibility index (Phi) is 8.09. The quantitative estimate of drug-likeness (QED) is 0.480. The lowest BCUT2D eigenvalue weighted by atomic mass is 10.2. The number of rotatable bonds is 10. The second kappa shape index (κ2) is 11.4. The Morgan fingerprint density at radius 2 is 1.50 bits per heavy atom. The minimum atomic E-state index is -0.988. The summed E-state index contributed by atoms with van der Waals surface area (Å²) in [5.74, 6) is 0.484. The first-order chi connectivity index (χ1) is 15.5. The average Bonchev–Trinajstić information content (AvgIpc) is 2.83. The molecule has 166 valence electrons. The summed E-state index contributed by atoms with van der Waals surface area (Å²) in [6.07, 6.45) is -0.988. The van der Waals surface area contributed by atoms with E-state index < -0.39 is 18.0 Å². The molecule has 3 aromatic carbocycles. The van der Waals surface area contributed by atoms with E-state index in [-0.39, 0.29) is 6.61 Å². The van der Waals surface area contributed by atoms with Gasteiger partial charge in [-0.3, -0.25) is 4.79 Å². The van der Waals surface area contributed by atoms with Crippen LogP contribution in [0.3, 0.4) is 0 Å². The second-order valence-corrected chi connectivity index (χ2v) is 6.86. The third-order valence-corrected chi connectivity index (χ3v) is 4.46. The van der Waals surface area contributed by atoms with Crippen molar-refractivity contribution in [3.8, 4) is 17.2 Å². The number of anilines is 1. The van der Waals surface area contributed by atoms with Crippen molar-refractivity contribution in [3.05, 3.63) is 84.4 Å². The van der Waals surface area contributed by atoms with Crippen LogP contribution in [-0.4, -0.2) is 31.7 Å². The number of hydrogen-bond donors (Lipinski definition) is 1. The van der Waals surface area contributed by atoms with Crippen LogP contribution in [0, 0.1) is 0 Å². The zero-order valence-electron chi connectivity index (χ0n) is 17.9. The SMILES string of the molecule is COc1ccccc1OCC(=O)OC(C)C(=O)Nc1ccc(OCc2ccccc2)cc1. The molecule has 0 spiro atoms. The molecule has 0 saturated heterocycles. The van der Waals surface area contributed by atoms with Crippen molar-refractivity contribution in [2.45, 2.75) is 19.6 Å². The van der Waals surface area contributed by atoms with Crippen LogP contribution in [0.5, 0.6) is 17.2 Å². The van der Waals surface area contributed by atoms with Crippen LogP contribution in [0.2, 0.25) is 0 Å². The number of nitrogens with one attached hydrogen (secondary N) is 1. The van der Waals surface area contributed by atoms with Crippen molar-refractivity contribution in [2.75, 3.05) is 19.0 Å². The third kappa shape index (κ3) is 6.77. The lowest BCUT2D eigenvalue weighted by molar-refractivity contribution is -0.155.